The minimum Gasteiger partial charge on any atom is -0.411 e. The summed E-state index contributed by atoms with van der Waals surface area (Å²) >= 11 is 0. The molecule has 0 spiro atoms. The summed E-state index contributed by atoms with van der Waals surface area (Å²) in [6, 6.07) is 0. The lowest BCUT2D eigenvalue weighted by atomic mass is 10.0. The molecule has 0 heterocycles. The third-order valence-electron chi connectivity index (χ3n) is 4.94. The molecular weight excluding hydrogens is 296 g/mol. The molecule has 1 N–H and O–H groups in total. The average Bonchev–Trinajstić information content (AvgIpc) is 2.54. The second kappa shape index (κ2) is 15.9. The van der Waals surface area contributed by atoms with E-state index in [9.17, 15) is 0 Å². The first-order valence-corrected chi connectivity index (χ1v) is 10.5. The van der Waals surface area contributed by atoms with Crippen LogP contribution >= 0.6 is 0 Å². The predicted octanol–water partition coefficient (Wildman–Crippen LogP) is 6.39. The summed E-state index contributed by atoms with van der Waals surface area (Å²) in [5.74, 6) is 0. The van der Waals surface area contributed by atoms with Crippen LogP contribution in [0.4, 0.5) is 0 Å². The zero-order chi connectivity index (χ0) is 18.1. The van der Waals surface area contributed by atoms with Crippen molar-refractivity contribution in [3.05, 3.63) is 0 Å². The van der Waals surface area contributed by atoms with Crippen molar-refractivity contribution >= 4 is 5.71 Å². The van der Waals surface area contributed by atoms with Gasteiger partial charge in [-0.05, 0) is 19.8 Å². The van der Waals surface area contributed by atoms with Gasteiger partial charge in [-0.25, -0.2) is 0 Å². The van der Waals surface area contributed by atoms with Crippen LogP contribution in [0.3, 0.4) is 0 Å². The highest BCUT2D eigenvalue weighted by Gasteiger charge is 2.15. The summed E-state index contributed by atoms with van der Waals surface area (Å²) in [5.41, 5.74) is 0.824. The van der Waals surface area contributed by atoms with Crippen LogP contribution in [0.25, 0.3) is 0 Å². The molecule has 0 saturated carbocycles. The van der Waals surface area contributed by atoms with Gasteiger partial charge in [-0.3, -0.25) is 0 Å². The molecular formula is C21H45N2O+. The Balaban J connectivity index is 3.28. The molecule has 144 valence electrons. The monoisotopic (exact) mass is 341 g/mol. The summed E-state index contributed by atoms with van der Waals surface area (Å²) in [6.45, 7) is 6.19. The van der Waals surface area contributed by atoms with Crippen molar-refractivity contribution in [3.8, 4) is 0 Å². The van der Waals surface area contributed by atoms with Gasteiger partial charge in [0.05, 0.1) is 20.6 Å². The quantitative estimate of drug-likeness (QED) is 0.107. The van der Waals surface area contributed by atoms with Gasteiger partial charge in [-0.1, -0.05) is 89.1 Å². The first-order chi connectivity index (χ1) is 11.5. The summed E-state index contributed by atoms with van der Waals surface area (Å²) < 4.78 is 0.925. The van der Waals surface area contributed by atoms with Gasteiger partial charge in [-0.15, -0.1) is 0 Å². The fourth-order valence-corrected chi connectivity index (χ4v) is 3.46. The molecule has 0 atom stereocenters. The van der Waals surface area contributed by atoms with Crippen LogP contribution in [0.2, 0.25) is 0 Å². The third kappa shape index (κ3) is 16.3. The molecule has 0 amide bonds. The first kappa shape index (κ1) is 23.4. The van der Waals surface area contributed by atoms with Crippen molar-refractivity contribution in [2.45, 2.75) is 104 Å². The predicted molar refractivity (Wildman–Crippen MR) is 107 cm³/mol. The molecule has 0 aromatic carbocycles. The van der Waals surface area contributed by atoms with Crippen molar-refractivity contribution in [2.24, 2.45) is 5.16 Å². The zero-order valence-corrected chi connectivity index (χ0v) is 17.2. The van der Waals surface area contributed by atoms with Crippen molar-refractivity contribution in [1.82, 2.24) is 0 Å². The number of hydrogen-bond donors (Lipinski definition) is 1. The molecule has 24 heavy (non-hydrogen) atoms. The maximum atomic E-state index is 8.77. The molecule has 0 aromatic rings. The lowest BCUT2D eigenvalue weighted by molar-refractivity contribution is -0.881. The average molecular weight is 342 g/mol. The van der Waals surface area contributed by atoms with Crippen molar-refractivity contribution in [1.29, 1.82) is 0 Å². The van der Waals surface area contributed by atoms with Crippen LogP contribution in [0.1, 0.15) is 104 Å². The fourth-order valence-electron chi connectivity index (χ4n) is 3.46. The lowest BCUT2D eigenvalue weighted by Crippen LogP contribution is -2.43. The van der Waals surface area contributed by atoms with E-state index in [4.69, 9.17) is 5.21 Å². The van der Waals surface area contributed by atoms with Gasteiger partial charge in [0.15, 0.2) is 0 Å². The molecule has 0 saturated heterocycles. The topological polar surface area (TPSA) is 32.6 Å². The van der Waals surface area contributed by atoms with E-state index in [-0.39, 0.29) is 0 Å². The van der Waals surface area contributed by atoms with E-state index in [0.717, 1.165) is 16.7 Å². The number of hydrogen-bond acceptors (Lipinski definition) is 2. The van der Waals surface area contributed by atoms with E-state index in [1.54, 1.807) is 0 Å². The molecule has 0 aromatic heterocycles. The maximum Gasteiger partial charge on any atom is 0.120 e. The molecule has 0 fully saturated rings. The van der Waals surface area contributed by atoms with E-state index >= 15 is 0 Å². The van der Waals surface area contributed by atoms with Crippen LogP contribution in [-0.4, -0.2) is 42.6 Å². The van der Waals surface area contributed by atoms with Gasteiger partial charge in [0.25, 0.3) is 0 Å². The summed E-state index contributed by atoms with van der Waals surface area (Å²) in [7, 11) is 4.44. The Morgan fingerprint density at radius 2 is 1.08 bits per heavy atom. The van der Waals surface area contributed by atoms with Gasteiger partial charge in [0.1, 0.15) is 12.3 Å². The third-order valence-corrected chi connectivity index (χ3v) is 4.94. The highest BCUT2D eigenvalue weighted by molar-refractivity contribution is 5.82. The molecule has 0 bridgehead atoms. The number of quaternary nitrogens is 1. The van der Waals surface area contributed by atoms with Crippen molar-refractivity contribution in [2.75, 3.05) is 27.2 Å². The van der Waals surface area contributed by atoms with Gasteiger partial charge in [0, 0.05) is 0 Å². The van der Waals surface area contributed by atoms with E-state index in [2.05, 4.69) is 26.2 Å². The minimum absolute atomic E-state index is 0.824. The molecule has 0 rings (SSSR count). The second-order valence-electron chi connectivity index (χ2n) is 8.25. The smallest absolute Gasteiger partial charge is 0.120 e. The molecule has 3 heteroatoms. The fraction of sp³-hybridized carbons (Fsp3) is 0.952. The maximum absolute atomic E-state index is 8.77. The molecule has 0 aliphatic rings. The lowest BCUT2D eigenvalue weighted by Gasteiger charge is -2.29. The summed E-state index contributed by atoms with van der Waals surface area (Å²) in [6.07, 6.45) is 19.7. The normalized spacial score (nSPS) is 12.8. The Hall–Kier alpha value is -0.570. The van der Waals surface area contributed by atoms with Crippen LogP contribution in [-0.2, 0) is 0 Å². The summed E-state index contributed by atoms with van der Waals surface area (Å²) in [4.78, 5) is 0. The van der Waals surface area contributed by atoms with Crippen LogP contribution in [0.5, 0.6) is 0 Å². The van der Waals surface area contributed by atoms with Crippen molar-refractivity contribution < 1.29 is 9.69 Å². The highest BCUT2D eigenvalue weighted by atomic mass is 16.4. The molecule has 3 nitrogen and oxygen atoms in total. The Kier molecular flexibility index (Phi) is 15.6. The Bertz CT molecular complexity index is 300. The number of unbranched alkanes of at least 4 members (excludes halogenated alkanes) is 13. The van der Waals surface area contributed by atoms with Crippen molar-refractivity contribution in [3.63, 3.8) is 0 Å². The number of oxime groups is 1. The Morgan fingerprint density at radius 3 is 1.46 bits per heavy atom. The zero-order valence-electron chi connectivity index (χ0n) is 17.2. The van der Waals surface area contributed by atoms with E-state index in [1.165, 1.54) is 96.4 Å². The molecule has 0 unspecified atom stereocenters. The molecule has 0 aliphatic carbocycles. The number of nitrogens with zero attached hydrogens (tertiary/aromatic N) is 2. The Morgan fingerprint density at radius 1 is 0.708 bits per heavy atom. The van der Waals surface area contributed by atoms with E-state index in [1.807, 2.05) is 6.92 Å². The standard InChI is InChI=1S/C21H44N2O/c1-5-6-7-8-9-10-11-12-13-14-15-16-17-18-19-23(3,4)20-21(2)22-24/h5-20H2,1-4H3/p+1. The van der Waals surface area contributed by atoms with Gasteiger partial charge in [0.2, 0.25) is 0 Å². The largest absolute Gasteiger partial charge is 0.411 e. The Labute approximate surface area is 152 Å². The van der Waals surface area contributed by atoms with Crippen LogP contribution < -0.4 is 0 Å². The molecule has 0 aliphatic heterocycles. The van der Waals surface area contributed by atoms with Gasteiger partial charge < -0.3 is 9.69 Å². The van der Waals surface area contributed by atoms with E-state index < -0.39 is 0 Å². The minimum atomic E-state index is 0.824. The summed E-state index contributed by atoms with van der Waals surface area (Å²) in [5, 5.41) is 12.1. The highest BCUT2D eigenvalue weighted by Crippen LogP contribution is 2.13. The SMILES string of the molecule is CCCCCCCCCCCCCCCC[N+](C)(C)CC(C)=NO. The van der Waals surface area contributed by atoms with E-state index in [0.29, 0.717) is 0 Å². The molecule has 0 radical (unpaired) electrons. The second-order valence-corrected chi connectivity index (χ2v) is 8.25. The van der Waals surface area contributed by atoms with Crippen LogP contribution in [0, 0.1) is 0 Å². The van der Waals surface area contributed by atoms with Crippen LogP contribution in [0.15, 0.2) is 5.16 Å². The van der Waals surface area contributed by atoms with Gasteiger partial charge in [-0.2, -0.15) is 0 Å². The number of rotatable bonds is 17. The van der Waals surface area contributed by atoms with Gasteiger partial charge >= 0.3 is 0 Å². The first-order valence-electron chi connectivity index (χ1n) is 10.5.